The molecule has 4 heterocycles. The smallest absolute Gasteiger partial charge is 0.410 e. The Morgan fingerprint density at radius 2 is 1.73 bits per heavy atom. The Bertz CT molecular complexity index is 1580. The number of imide groups is 1. The molecule has 0 radical (unpaired) electrons. The summed E-state index contributed by atoms with van der Waals surface area (Å²) in [6.07, 6.45) is 10.8. The maximum Gasteiger partial charge on any atom is 0.410 e. The molecule has 15 nitrogen and oxygen atoms in total. The van der Waals surface area contributed by atoms with Crippen LogP contribution in [0.1, 0.15) is 99.3 Å². The number of aliphatic hydroxyl groups excluding tert-OH is 2. The van der Waals surface area contributed by atoms with Crippen LogP contribution in [0.4, 0.5) is 4.79 Å². The summed E-state index contributed by atoms with van der Waals surface area (Å²) in [4.78, 5) is 67.5. The number of hydrogen-bond acceptors (Lipinski definition) is 12. The van der Waals surface area contributed by atoms with Gasteiger partial charge in [-0.1, -0.05) is 51.5 Å². The summed E-state index contributed by atoms with van der Waals surface area (Å²) in [5, 5.41) is 32.1. The van der Waals surface area contributed by atoms with Gasteiger partial charge in [-0.2, -0.15) is 0 Å². The van der Waals surface area contributed by atoms with E-state index in [0.717, 1.165) is 0 Å². The van der Waals surface area contributed by atoms with Crippen molar-refractivity contribution in [3.63, 3.8) is 0 Å². The van der Waals surface area contributed by atoms with Crippen molar-refractivity contribution < 1.29 is 58.2 Å². The van der Waals surface area contributed by atoms with Crippen molar-refractivity contribution in [2.75, 3.05) is 39.8 Å². The highest BCUT2D eigenvalue weighted by Crippen LogP contribution is 2.38. The normalized spacial score (nSPS) is 31.0. The van der Waals surface area contributed by atoms with E-state index in [4.69, 9.17) is 18.9 Å². The summed E-state index contributed by atoms with van der Waals surface area (Å²) < 4.78 is 23.7. The van der Waals surface area contributed by atoms with E-state index in [2.05, 4.69) is 0 Å². The van der Waals surface area contributed by atoms with Crippen LogP contribution in [0.15, 0.2) is 48.1 Å². The number of aliphatic hydroxyl groups is 3. The van der Waals surface area contributed by atoms with Gasteiger partial charge in [-0.25, -0.2) is 4.79 Å². The topological polar surface area (TPSA) is 196 Å². The highest BCUT2D eigenvalue weighted by Gasteiger charge is 2.47. The zero-order chi connectivity index (χ0) is 43.5. The van der Waals surface area contributed by atoms with Gasteiger partial charge < -0.3 is 44.1 Å². The molecule has 4 rings (SSSR count). The minimum absolute atomic E-state index is 0.0183. The van der Waals surface area contributed by atoms with Crippen molar-refractivity contribution in [3.8, 4) is 0 Å². The lowest BCUT2D eigenvalue weighted by molar-refractivity contribution is -0.151. The lowest BCUT2D eigenvalue weighted by Crippen LogP contribution is -2.52. The number of amides is 4. The Balaban J connectivity index is 1.36. The van der Waals surface area contributed by atoms with Gasteiger partial charge in [0.05, 0.1) is 36.4 Å². The molecule has 0 aromatic carbocycles. The van der Waals surface area contributed by atoms with Crippen LogP contribution in [-0.2, 0) is 38.1 Å². The number of piperazine rings is 1. The largest absolute Gasteiger partial charge is 0.457 e. The number of carbonyl (C=O) groups excluding carboxylic acids is 5. The van der Waals surface area contributed by atoms with Crippen molar-refractivity contribution >= 4 is 29.8 Å². The molecular formula is C44H67N3O12. The summed E-state index contributed by atoms with van der Waals surface area (Å²) in [6, 6.07) is 0. The molecule has 3 unspecified atom stereocenters. The minimum atomic E-state index is -1.18. The average molecular weight is 830 g/mol. The van der Waals surface area contributed by atoms with E-state index in [-0.39, 0.29) is 68.2 Å². The predicted molar refractivity (Wildman–Crippen MR) is 218 cm³/mol. The molecule has 0 saturated carbocycles. The second kappa shape index (κ2) is 21.6. The number of nitrogens with zero attached hydrogens (tertiary/aromatic N) is 3. The molecule has 0 aliphatic carbocycles. The molecule has 4 aliphatic rings. The first kappa shape index (κ1) is 47.8. The Morgan fingerprint density at radius 3 is 2.37 bits per heavy atom. The first-order valence-corrected chi connectivity index (χ1v) is 21.2. The first-order chi connectivity index (χ1) is 27.9. The molecule has 0 bridgehead atoms. The molecule has 2 fully saturated rings. The molecular weight excluding hydrogens is 762 g/mol. The highest BCUT2D eigenvalue weighted by molar-refractivity contribution is 6.12. The molecule has 0 spiro atoms. The van der Waals surface area contributed by atoms with Crippen LogP contribution in [-0.4, -0.2) is 147 Å². The monoisotopic (exact) mass is 829 g/mol. The van der Waals surface area contributed by atoms with Gasteiger partial charge in [0.1, 0.15) is 11.7 Å². The van der Waals surface area contributed by atoms with Gasteiger partial charge in [0.2, 0.25) is 5.91 Å². The van der Waals surface area contributed by atoms with Crippen molar-refractivity contribution in [2.45, 2.75) is 147 Å². The summed E-state index contributed by atoms with van der Waals surface area (Å²) in [6.45, 7) is 12.6. The SMILES string of the molecule is CCC(O)C(C)[C@H]1O[C@@H]1CC(C)(O)/C=C/C=C(\C)[C@H]1OC(=O)C[C@H](O)CC[C@@](C)(OC)[C@@H](OC(=O)N2CCN(C(=O)CCCCCN3C(=O)C=CC3=O)CC2)/C=C/[C@@H]1C. The molecule has 2 saturated heterocycles. The molecule has 0 aromatic rings. The van der Waals surface area contributed by atoms with Gasteiger partial charge in [0.25, 0.3) is 11.8 Å². The third kappa shape index (κ3) is 13.8. The molecule has 0 aromatic heterocycles. The van der Waals surface area contributed by atoms with Gasteiger partial charge in [0, 0.05) is 76.7 Å². The summed E-state index contributed by atoms with van der Waals surface area (Å²) >= 11 is 0. The fraction of sp³-hybridized carbons (Fsp3) is 0.705. The van der Waals surface area contributed by atoms with Crippen LogP contribution in [0.2, 0.25) is 0 Å². The minimum Gasteiger partial charge on any atom is -0.457 e. The van der Waals surface area contributed by atoms with Gasteiger partial charge in [-0.05, 0) is 64.5 Å². The van der Waals surface area contributed by atoms with Crippen molar-refractivity contribution in [2.24, 2.45) is 11.8 Å². The van der Waals surface area contributed by atoms with Crippen LogP contribution < -0.4 is 0 Å². The number of hydrogen-bond donors (Lipinski definition) is 3. The standard InChI is InChI=1S/C44H67N3O12/c1-8-33(49)31(4)41-34(57-41)28-43(5,55)20-12-13-29(2)40-30(3)15-16-35(44(6,56-7)21-19-32(48)27-39(53)59-40)58-42(54)46-25-23-45(24-26-46)36(50)14-10-9-11-22-47-37(51)17-18-38(47)52/h12-13,15-18,20,30-35,40-41,48-49,55H,8-11,14,19,21-28H2,1-7H3/b16-15+,20-12+,29-13+/t30-,31?,32+,33?,34+,35-,40+,41+,43?,44+/m0/s1. The fourth-order valence-electron chi connectivity index (χ4n) is 7.86. The second-order valence-electron chi connectivity index (χ2n) is 17.0. The van der Waals surface area contributed by atoms with E-state index in [0.29, 0.717) is 63.7 Å². The molecule has 4 aliphatic heterocycles. The second-order valence-corrected chi connectivity index (χ2v) is 17.0. The summed E-state index contributed by atoms with van der Waals surface area (Å²) in [5.41, 5.74) is -1.54. The maximum absolute atomic E-state index is 13.6. The van der Waals surface area contributed by atoms with Crippen LogP contribution in [0.25, 0.3) is 0 Å². The van der Waals surface area contributed by atoms with Gasteiger partial charge in [-0.3, -0.25) is 24.1 Å². The molecule has 10 atom stereocenters. The van der Waals surface area contributed by atoms with Gasteiger partial charge >= 0.3 is 12.1 Å². The number of esters is 1. The Morgan fingerprint density at radius 1 is 1.07 bits per heavy atom. The number of carbonyl (C=O) groups is 5. The van der Waals surface area contributed by atoms with E-state index < -0.39 is 53.6 Å². The third-order valence-electron chi connectivity index (χ3n) is 12.1. The zero-order valence-corrected chi connectivity index (χ0v) is 35.9. The lowest BCUT2D eigenvalue weighted by atomic mass is 9.88. The van der Waals surface area contributed by atoms with Crippen LogP contribution in [0.5, 0.6) is 0 Å². The van der Waals surface area contributed by atoms with Crippen LogP contribution in [0, 0.1) is 11.8 Å². The Kier molecular flexibility index (Phi) is 17.5. The number of methoxy groups -OCH3 is 1. The molecule has 330 valence electrons. The zero-order valence-electron chi connectivity index (χ0n) is 35.9. The van der Waals surface area contributed by atoms with E-state index in [1.807, 2.05) is 33.8 Å². The van der Waals surface area contributed by atoms with Crippen LogP contribution >= 0.6 is 0 Å². The summed E-state index contributed by atoms with van der Waals surface area (Å²) in [7, 11) is 1.51. The molecule has 15 heteroatoms. The first-order valence-electron chi connectivity index (χ1n) is 21.2. The lowest BCUT2D eigenvalue weighted by Gasteiger charge is -2.38. The van der Waals surface area contributed by atoms with Crippen molar-refractivity contribution in [1.29, 1.82) is 0 Å². The van der Waals surface area contributed by atoms with Gasteiger partial charge in [0.15, 0.2) is 6.10 Å². The Labute approximate surface area is 349 Å². The van der Waals surface area contributed by atoms with E-state index >= 15 is 0 Å². The quantitative estimate of drug-likeness (QED) is 0.0506. The number of rotatable bonds is 16. The fourth-order valence-corrected chi connectivity index (χ4v) is 7.86. The number of ether oxygens (including phenoxy) is 4. The number of allylic oxidation sites excluding steroid dienone is 2. The van der Waals surface area contributed by atoms with E-state index in [1.54, 1.807) is 48.0 Å². The predicted octanol–water partition coefficient (Wildman–Crippen LogP) is 3.99. The van der Waals surface area contributed by atoms with Crippen LogP contribution in [0.3, 0.4) is 0 Å². The number of epoxide rings is 1. The average Bonchev–Trinajstić information content (AvgIpc) is 3.89. The van der Waals surface area contributed by atoms with Gasteiger partial charge in [-0.15, -0.1) is 0 Å². The molecule has 59 heavy (non-hydrogen) atoms. The molecule has 3 N–H and O–H groups in total. The molecule has 4 amide bonds. The maximum atomic E-state index is 13.6. The number of cyclic esters (lactones) is 1. The third-order valence-corrected chi connectivity index (χ3v) is 12.1. The Hall–Kier alpha value is -3.89. The highest BCUT2D eigenvalue weighted by atomic mass is 16.6. The van der Waals surface area contributed by atoms with E-state index in [9.17, 15) is 39.3 Å². The number of unbranched alkanes of at least 4 members (excludes halogenated alkanes) is 2. The van der Waals surface area contributed by atoms with Crippen molar-refractivity contribution in [3.05, 3.63) is 48.1 Å². The van der Waals surface area contributed by atoms with E-state index in [1.165, 1.54) is 24.2 Å². The summed E-state index contributed by atoms with van der Waals surface area (Å²) in [5.74, 6) is -1.62. The van der Waals surface area contributed by atoms with Crippen molar-refractivity contribution in [1.82, 2.24) is 14.7 Å².